The number of imidazole rings is 1. The van der Waals surface area contributed by atoms with Gasteiger partial charge in [-0.1, -0.05) is 6.92 Å². The Hall–Kier alpha value is -1.63. The molecule has 0 radical (unpaired) electrons. The second-order valence-corrected chi connectivity index (χ2v) is 5.04. The Morgan fingerprint density at radius 1 is 1.53 bits per heavy atom. The molecule has 0 amide bonds. The second kappa shape index (κ2) is 6.01. The number of nitrogens with one attached hydrogen (secondary N) is 1. The molecule has 0 saturated carbocycles. The summed E-state index contributed by atoms with van der Waals surface area (Å²) in [6, 6.07) is 0. The van der Waals surface area contributed by atoms with Gasteiger partial charge in [0, 0.05) is 13.6 Å². The maximum absolute atomic E-state index is 10.9. The highest BCUT2D eigenvalue weighted by molar-refractivity contribution is 5.51. The average molecular weight is 267 g/mol. The maximum atomic E-state index is 10.9. The number of rotatable bonds is 5. The van der Waals surface area contributed by atoms with E-state index in [0.29, 0.717) is 11.7 Å². The van der Waals surface area contributed by atoms with E-state index < -0.39 is 4.92 Å². The van der Waals surface area contributed by atoms with Crippen LogP contribution in [-0.4, -0.2) is 45.6 Å². The standard InChI is InChI=1S/C12H21N5O2/c1-3-16-6-4-10(5-7-16)8-13-11-12(17(18)19)14-9-15(11)2/h9-10,13H,3-8H2,1-2H3. The van der Waals surface area contributed by atoms with Crippen molar-refractivity contribution in [2.45, 2.75) is 19.8 Å². The number of likely N-dealkylation sites (tertiary alicyclic amines) is 1. The van der Waals surface area contributed by atoms with Crippen molar-refractivity contribution < 1.29 is 4.92 Å². The van der Waals surface area contributed by atoms with Gasteiger partial charge in [0.1, 0.15) is 0 Å². The van der Waals surface area contributed by atoms with Crippen LogP contribution in [0.2, 0.25) is 0 Å². The molecule has 1 aromatic rings. The van der Waals surface area contributed by atoms with Crippen molar-refractivity contribution >= 4 is 11.6 Å². The molecule has 1 aliphatic heterocycles. The van der Waals surface area contributed by atoms with E-state index in [0.717, 1.165) is 39.0 Å². The van der Waals surface area contributed by atoms with E-state index in [1.807, 2.05) is 0 Å². The van der Waals surface area contributed by atoms with Crippen LogP contribution in [0, 0.1) is 16.0 Å². The molecule has 19 heavy (non-hydrogen) atoms. The topological polar surface area (TPSA) is 76.2 Å². The molecule has 1 N–H and O–H groups in total. The highest BCUT2D eigenvalue weighted by atomic mass is 16.6. The summed E-state index contributed by atoms with van der Waals surface area (Å²) < 4.78 is 1.67. The highest BCUT2D eigenvalue weighted by Crippen LogP contribution is 2.23. The van der Waals surface area contributed by atoms with Gasteiger partial charge in [-0.3, -0.25) is 4.57 Å². The zero-order valence-corrected chi connectivity index (χ0v) is 11.5. The van der Waals surface area contributed by atoms with Crippen molar-refractivity contribution in [3.63, 3.8) is 0 Å². The summed E-state index contributed by atoms with van der Waals surface area (Å²) in [4.78, 5) is 16.6. The molecule has 0 spiro atoms. The van der Waals surface area contributed by atoms with Gasteiger partial charge in [0.25, 0.3) is 0 Å². The van der Waals surface area contributed by atoms with E-state index in [1.165, 1.54) is 6.33 Å². The van der Waals surface area contributed by atoms with Gasteiger partial charge in [0.05, 0.1) is 0 Å². The minimum absolute atomic E-state index is 0.0894. The number of anilines is 1. The zero-order valence-electron chi connectivity index (χ0n) is 11.5. The molecular weight excluding hydrogens is 246 g/mol. The van der Waals surface area contributed by atoms with Crippen molar-refractivity contribution in [3.8, 4) is 0 Å². The van der Waals surface area contributed by atoms with Gasteiger partial charge in [0.15, 0.2) is 0 Å². The number of piperidine rings is 1. The molecule has 7 heteroatoms. The molecule has 1 aliphatic rings. The van der Waals surface area contributed by atoms with E-state index in [2.05, 4.69) is 22.1 Å². The normalized spacial score (nSPS) is 17.6. The van der Waals surface area contributed by atoms with Crippen molar-refractivity contribution in [2.24, 2.45) is 13.0 Å². The molecule has 0 atom stereocenters. The third kappa shape index (κ3) is 3.23. The van der Waals surface area contributed by atoms with Crippen LogP contribution in [0.5, 0.6) is 0 Å². The molecular formula is C12H21N5O2. The minimum atomic E-state index is -0.442. The van der Waals surface area contributed by atoms with Crippen LogP contribution in [0.3, 0.4) is 0 Å². The number of aromatic nitrogens is 2. The smallest absolute Gasteiger partial charge is 0.364 e. The van der Waals surface area contributed by atoms with Crippen LogP contribution >= 0.6 is 0 Å². The molecule has 1 fully saturated rings. The summed E-state index contributed by atoms with van der Waals surface area (Å²) in [6.45, 7) is 6.30. The first-order valence-electron chi connectivity index (χ1n) is 6.73. The Bertz CT molecular complexity index is 437. The molecule has 106 valence electrons. The fourth-order valence-electron chi connectivity index (χ4n) is 2.50. The van der Waals surface area contributed by atoms with Crippen LogP contribution in [0.25, 0.3) is 0 Å². The van der Waals surface area contributed by atoms with E-state index in [4.69, 9.17) is 0 Å². The highest BCUT2D eigenvalue weighted by Gasteiger charge is 2.22. The van der Waals surface area contributed by atoms with Gasteiger partial charge in [-0.05, 0) is 48.3 Å². The van der Waals surface area contributed by atoms with Gasteiger partial charge >= 0.3 is 5.82 Å². The number of nitro groups is 1. The van der Waals surface area contributed by atoms with E-state index in [-0.39, 0.29) is 5.82 Å². The third-order valence-electron chi connectivity index (χ3n) is 3.80. The summed E-state index contributed by atoms with van der Waals surface area (Å²) in [5.74, 6) is 0.994. The summed E-state index contributed by atoms with van der Waals surface area (Å²) in [6.07, 6.45) is 3.76. The monoisotopic (exact) mass is 267 g/mol. The van der Waals surface area contributed by atoms with Gasteiger partial charge < -0.3 is 20.3 Å². The Morgan fingerprint density at radius 3 is 2.79 bits per heavy atom. The van der Waals surface area contributed by atoms with Crippen LogP contribution in [-0.2, 0) is 7.05 Å². The molecule has 0 bridgehead atoms. The summed E-state index contributed by atoms with van der Waals surface area (Å²) in [5.41, 5.74) is 0. The van der Waals surface area contributed by atoms with Crippen LogP contribution in [0.4, 0.5) is 11.6 Å². The average Bonchev–Trinajstić information content (AvgIpc) is 2.78. The summed E-state index contributed by atoms with van der Waals surface area (Å²) >= 11 is 0. The lowest BCUT2D eigenvalue weighted by atomic mass is 9.97. The molecule has 2 rings (SSSR count). The first kappa shape index (κ1) is 13.8. The molecule has 0 aliphatic carbocycles. The SMILES string of the molecule is CCN1CCC(CNc2c([N+](=O)[O-])ncn2C)CC1. The minimum Gasteiger partial charge on any atom is -0.364 e. The maximum Gasteiger partial charge on any atom is 0.406 e. The zero-order chi connectivity index (χ0) is 13.8. The predicted octanol–water partition coefficient (Wildman–Crippen LogP) is 1.47. The van der Waals surface area contributed by atoms with Gasteiger partial charge in [-0.2, -0.15) is 0 Å². The number of hydrogen-bond acceptors (Lipinski definition) is 5. The van der Waals surface area contributed by atoms with Crippen molar-refractivity contribution in [2.75, 3.05) is 31.5 Å². The van der Waals surface area contributed by atoms with Crippen LogP contribution in [0.15, 0.2) is 6.33 Å². The van der Waals surface area contributed by atoms with Crippen molar-refractivity contribution in [1.82, 2.24) is 14.5 Å². The van der Waals surface area contributed by atoms with Crippen LogP contribution < -0.4 is 5.32 Å². The first-order valence-corrected chi connectivity index (χ1v) is 6.73. The predicted molar refractivity (Wildman–Crippen MR) is 73.2 cm³/mol. The second-order valence-electron chi connectivity index (χ2n) is 5.04. The fourth-order valence-corrected chi connectivity index (χ4v) is 2.50. The first-order chi connectivity index (χ1) is 9.11. The lowest BCUT2D eigenvalue weighted by molar-refractivity contribution is -0.388. The van der Waals surface area contributed by atoms with Crippen molar-refractivity contribution in [1.29, 1.82) is 0 Å². The fraction of sp³-hybridized carbons (Fsp3) is 0.750. The van der Waals surface area contributed by atoms with E-state index in [9.17, 15) is 10.1 Å². The van der Waals surface area contributed by atoms with Gasteiger partial charge in [-0.15, -0.1) is 0 Å². The Balaban J connectivity index is 1.89. The third-order valence-corrected chi connectivity index (χ3v) is 3.80. The number of aryl methyl sites for hydroxylation is 1. The quantitative estimate of drug-likeness (QED) is 0.646. The number of hydrogen-bond donors (Lipinski definition) is 1. The van der Waals surface area contributed by atoms with Gasteiger partial charge in [0.2, 0.25) is 12.1 Å². The number of nitrogens with zero attached hydrogens (tertiary/aromatic N) is 4. The van der Waals surface area contributed by atoms with Gasteiger partial charge in [-0.25, -0.2) is 0 Å². The lowest BCUT2D eigenvalue weighted by Gasteiger charge is -2.31. The Kier molecular flexibility index (Phi) is 4.36. The summed E-state index contributed by atoms with van der Waals surface area (Å²) in [7, 11) is 1.77. The van der Waals surface area contributed by atoms with Crippen molar-refractivity contribution in [3.05, 3.63) is 16.4 Å². The summed E-state index contributed by atoms with van der Waals surface area (Å²) in [5, 5.41) is 14.0. The van der Waals surface area contributed by atoms with E-state index in [1.54, 1.807) is 11.6 Å². The molecule has 1 saturated heterocycles. The van der Waals surface area contributed by atoms with Crippen LogP contribution in [0.1, 0.15) is 19.8 Å². The lowest BCUT2D eigenvalue weighted by Crippen LogP contribution is -2.35. The molecule has 2 heterocycles. The Morgan fingerprint density at radius 2 is 2.21 bits per heavy atom. The molecule has 0 unspecified atom stereocenters. The molecule has 7 nitrogen and oxygen atoms in total. The van der Waals surface area contributed by atoms with E-state index >= 15 is 0 Å². The molecule has 0 aromatic carbocycles. The largest absolute Gasteiger partial charge is 0.406 e. The Labute approximate surface area is 112 Å². The molecule has 1 aromatic heterocycles.